The van der Waals surface area contributed by atoms with Crippen molar-refractivity contribution in [2.75, 3.05) is 12.1 Å². The van der Waals surface area contributed by atoms with Gasteiger partial charge in [0.1, 0.15) is 5.76 Å². The Balaban J connectivity index is 1.54. The van der Waals surface area contributed by atoms with E-state index in [0.717, 1.165) is 17.0 Å². The monoisotopic (exact) mass is 328 g/mol. The number of carbonyl (C=O) groups is 1. The molecule has 0 saturated heterocycles. The van der Waals surface area contributed by atoms with Crippen molar-refractivity contribution >= 4 is 22.4 Å². The number of aromatic nitrogens is 1. The second kappa shape index (κ2) is 5.44. The van der Waals surface area contributed by atoms with E-state index in [1.54, 1.807) is 19.1 Å². The quantitative estimate of drug-likeness (QED) is 0.793. The van der Waals surface area contributed by atoms with E-state index in [-0.39, 0.29) is 18.5 Å². The van der Waals surface area contributed by atoms with E-state index >= 15 is 0 Å². The number of aryl methyl sites for hydroxylation is 1. The second-order valence-corrected chi connectivity index (χ2v) is 5.83. The third-order valence-corrected chi connectivity index (χ3v) is 4.11. The van der Waals surface area contributed by atoms with Gasteiger partial charge in [-0.2, -0.15) is 0 Å². The molecule has 1 N–H and O–H groups in total. The summed E-state index contributed by atoms with van der Waals surface area (Å²) >= 11 is 1.35. The molecule has 1 aliphatic heterocycles. The first-order chi connectivity index (χ1) is 11.2. The summed E-state index contributed by atoms with van der Waals surface area (Å²) in [4.78, 5) is 16.5. The molecule has 0 bridgehead atoms. The molecule has 3 aromatic rings. The van der Waals surface area contributed by atoms with E-state index in [9.17, 15) is 4.79 Å². The molecule has 6 nitrogen and oxygen atoms in total. The number of anilines is 1. The van der Waals surface area contributed by atoms with Crippen molar-refractivity contribution in [2.24, 2.45) is 0 Å². The van der Waals surface area contributed by atoms with Gasteiger partial charge in [0, 0.05) is 10.9 Å². The molecule has 2 aromatic heterocycles. The van der Waals surface area contributed by atoms with E-state index in [4.69, 9.17) is 13.9 Å². The fraction of sp³-hybridized carbons (Fsp3) is 0.125. The van der Waals surface area contributed by atoms with Gasteiger partial charge in [0.15, 0.2) is 22.4 Å². The normalized spacial score (nSPS) is 12.4. The average Bonchev–Trinajstić information content (AvgIpc) is 3.26. The Bertz CT molecular complexity index is 884. The highest BCUT2D eigenvalue weighted by Gasteiger charge is 2.16. The molecular formula is C16H12N2O4S. The zero-order valence-corrected chi connectivity index (χ0v) is 13.0. The molecule has 0 unspecified atom stereocenters. The number of thiazole rings is 1. The molecule has 0 atom stereocenters. The smallest absolute Gasteiger partial charge is 0.293 e. The highest BCUT2D eigenvalue weighted by atomic mass is 32.1. The van der Waals surface area contributed by atoms with Gasteiger partial charge in [0.05, 0.1) is 5.69 Å². The maximum absolute atomic E-state index is 12.1. The fourth-order valence-electron chi connectivity index (χ4n) is 2.23. The van der Waals surface area contributed by atoms with Gasteiger partial charge in [0.2, 0.25) is 6.79 Å². The van der Waals surface area contributed by atoms with Gasteiger partial charge in [-0.05, 0) is 37.3 Å². The molecule has 0 saturated carbocycles. The maximum atomic E-state index is 12.1. The summed E-state index contributed by atoms with van der Waals surface area (Å²) in [6.45, 7) is 2.03. The molecule has 0 fully saturated rings. The molecule has 4 rings (SSSR count). The van der Waals surface area contributed by atoms with Crippen LogP contribution in [-0.2, 0) is 0 Å². The van der Waals surface area contributed by atoms with Crippen molar-refractivity contribution in [2.45, 2.75) is 6.92 Å². The number of hydrogen-bond donors (Lipinski definition) is 1. The van der Waals surface area contributed by atoms with Crippen LogP contribution < -0.4 is 14.8 Å². The Morgan fingerprint density at radius 2 is 2.09 bits per heavy atom. The van der Waals surface area contributed by atoms with Crippen molar-refractivity contribution < 1.29 is 18.7 Å². The minimum Gasteiger partial charge on any atom is -0.456 e. The van der Waals surface area contributed by atoms with Gasteiger partial charge in [-0.1, -0.05) is 0 Å². The number of benzene rings is 1. The summed E-state index contributed by atoms with van der Waals surface area (Å²) in [7, 11) is 0. The molecule has 0 spiro atoms. The topological polar surface area (TPSA) is 73.6 Å². The number of hydrogen-bond acceptors (Lipinski definition) is 6. The lowest BCUT2D eigenvalue weighted by molar-refractivity contribution is 0.0995. The fourth-order valence-corrected chi connectivity index (χ4v) is 2.95. The number of amides is 1. The molecule has 7 heteroatoms. The van der Waals surface area contributed by atoms with Crippen LogP contribution in [0.5, 0.6) is 11.5 Å². The predicted octanol–water partition coefficient (Wildman–Crippen LogP) is 3.69. The van der Waals surface area contributed by atoms with E-state index < -0.39 is 0 Å². The minimum absolute atomic E-state index is 0.236. The Hall–Kier alpha value is -2.80. The zero-order valence-electron chi connectivity index (χ0n) is 12.2. The lowest BCUT2D eigenvalue weighted by atomic mass is 10.1. The first-order valence-corrected chi connectivity index (χ1v) is 7.80. The molecule has 1 amide bonds. The number of furan rings is 1. The lowest BCUT2D eigenvalue weighted by Gasteiger charge is -2.00. The van der Waals surface area contributed by atoms with Crippen molar-refractivity contribution in [3.63, 3.8) is 0 Å². The van der Waals surface area contributed by atoms with Gasteiger partial charge < -0.3 is 13.9 Å². The summed E-state index contributed by atoms with van der Waals surface area (Å²) in [6.07, 6.45) is 0. The van der Waals surface area contributed by atoms with Crippen LogP contribution in [0.4, 0.5) is 5.13 Å². The predicted molar refractivity (Wildman–Crippen MR) is 85.1 cm³/mol. The summed E-state index contributed by atoms with van der Waals surface area (Å²) in [5.74, 6) is 2.07. The zero-order chi connectivity index (χ0) is 15.8. The van der Waals surface area contributed by atoms with Gasteiger partial charge in [0.25, 0.3) is 5.91 Å². The second-order valence-electron chi connectivity index (χ2n) is 4.97. The number of nitrogens with one attached hydrogen (secondary N) is 1. The van der Waals surface area contributed by atoms with Gasteiger partial charge >= 0.3 is 0 Å². The molecule has 116 valence electrons. The van der Waals surface area contributed by atoms with Crippen molar-refractivity contribution in [1.82, 2.24) is 4.98 Å². The Morgan fingerprint density at radius 3 is 2.91 bits per heavy atom. The van der Waals surface area contributed by atoms with E-state index in [2.05, 4.69) is 10.3 Å². The van der Waals surface area contributed by atoms with Gasteiger partial charge in [-0.25, -0.2) is 4.98 Å². The minimum atomic E-state index is -0.315. The molecule has 23 heavy (non-hydrogen) atoms. The summed E-state index contributed by atoms with van der Waals surface area (Å²) in [6, 6.07) is 9.01. The molecule has 3 heterocycles. The van der Waals surface area contributed by atoms with E-state index in [1.807, 2.05) is 23.6 Å². The number of ether oxygens (including phenoxy) is 2. The standard InChI is InChI=1S/C16H12N2O4S/c1-9-2-4-13(22-9)15(19)18-16-17-11(7-23-16)10-3-5-12-14(6-10)21-8-20-12/h2-7H,8H2,1H3,(H,17,18,19). The SMILES string of the molecule is Cc1ccc(C(=O)Nc2nc(-c3ccc4c(c3)OCO4)cs2)o1. The molecule has 1 aromatic carbocycles. The Morgan fingerprint density at radius 1 is 1.22 bits per heavy atom. The van der Waals surface area contributed by atoms with Crippen LogP contribution in [-0.4, -0.2) is 17.7 Å². The van der Waals surface area contributed by atoms with Crippen LogP contribution in [0.2, 0.25) is 0 Å². The highest BCUT2D eigenvalue weighted by molar-refractivity contribution is 7.14. The first kappa shape index (κ1) is 13.8. The Labute approximate surface area is 135 Å². The van der Waals surface area contributed by atoms with Crippen molar-refractivity contribution in [1.29, 1.82) is 0 Å². The van der Waals surface area contributed by atoms with Gasteiger partial charge in [-0.3, -0.25) is 10.1 Å². The molecule has 0 aliphatic carbocycles. The van der Waals surface area contributed by atoms with E-state index in [0.29, 0.717) is 16.6 Å². The largest absolute Gasteiger partial charge is 0.456 e. The first-order valence-electron chi connectivity index (χ1n) is 6.92. The lowest BCUT2D eigenvalue weighted by Crippen LogP contribution is -2.10. The van der Waals surface area contributed by atoms with Crippen molar-refractivity contribution in [3.8, 4) is 22.8 Å². The summed E-state index contributed by atoms with van der Waals surface area (Å²) < 4.78 is 15.9. The molecular weight excluding hydrogens is 316 g/mol. The number of rotatable bonds is 3. The molecule has 1 aliphatic rings. The van der Waals surface area contributed by atoms with Crippen LogP contribution >= 0.6 is 11.3 Å². The average molecular weight is 328 g/mol. The third-order valence-electron chi connectivity index (χ3n) is 3.36. The van der Waals surface area contributed by atoms with E-state index in [1.165, 1.54) is 11.3 Å². The third kappa shape index (κ3) is 2.66. The van der Waals surface area contributed by atoms with Crippen molar-refractivity contribution in [3.05, 3.63) is 47.2 Å². The number of fused-ring (bicyclic) bond motifs is 1. The van der Waals surface area contributed by atoms with Crippen LogP contribution in [0.3, 0.4) is 0 Å². The van der Waals surface area contributed by atoms with Crippen LogP contribution in [0, 0.1) is 6.92 Å². The molecule has 0 radical (unpaired) electrons. The number of carbonyl (C=O) groups excluding carboxylic acids is 1. The Kier molecular flexibility index (Phi) is 3.27. The number of nitrogens with zero attached hydrogens (tertiary/aromatic N) is 1. The maximum Gasteiger partial charge on any atom is 0.293 e. The summed E-state index contributed by atoms with van der Waals surface area (Å²) in [5, 5.41) is 5.12. The van der Waals surface area contributed by atoms with Crippen LogP contribution in [0.15, 0.2) is 40.1 Å². The summed E-state index contributed by atoms with van der Waals surface area (Å²) in [5.41, 5.74) is 1.67. The van der Waals surface area contributed by atoms with Gasteiger partial charge in [-0.15, -0.1) is 11.3 Å². The van der Waals surface area contributed by atoms with Crippen LogP contribution in [0.1, 0.15) is 16.3 Å². The van der Waals surface area contributed by atoms with Crippen LogP contribution in [0.25, 0.3) is 11.3 Å². The highest BCUT2D eigenvalue weighted by Crippen LogP contribution is 2.36.